The molecule has 0 aromatic heterocycles. The van der Waals surface area contributed by atoms with Crippen molar-refractivity contribution in [1.29, 1.82) is 0 Å². The van der Waals surface area contributed by atoms with E-state index in [4.69, 9.17) is 14.2 Å². The van der Waals surface area contributed by atoms with Gasteiger partial charge in [-0.15, -0.1) is 0 Å². The number of aliphatic hydroxyl groups is 1. The molecule has 0 unspecified atom stereocenters. The van der Waals surface area contributed by atoms with Gasteiger partial charge >= 0.3 is 0 Å². The van der Waals surface area contributed by atoms with Gasteiger partial charge < -0.3 is 19.3 Å². The standard InChI is InChI=1S/C17H27NO4/c1-4-20-16-5-7-17(8-6-16)22-12-15(19)10-18-9-14(3)21-11-13(18)2/h5-8,13-15,19H,4,9-12H2,1-3H3/t13-,14+,15-/m1/s1. The molecule has 1 aliphatic rings. The van der Waals surface area contributed by atoms with Crippen LogP contribution < -0.4 is 9.47 Å². The zero-order valence-electron chi connectivity index (χ0n) is 13.7. The Morgan fingerprint density at radius 1 is 1.23 bits per heavy atom. The first-order chi connectivity index (χ1) is 10.6. The predicted octanol–water partition coefficient (Wildman–Crippen LogP) is 1.93. The largest absolute Gasteiger partial charge is 0.494 e. The van der Waals surface area contributed by atoms with Crippen molar-refractivity contribution in [2.75, 3.05) is 32.9 Å². The topological polar surface area (TPSA) is 51.2 Å². The van der Waals surface area contributed by atoms with Crippen LogP contribution in [-0.4, -0.2) is 61.2 Å². The van der Waals surface area contributed by atoms with Gasteiger partial charge in [-0.05, 0) is 45.0 Å². The van der Waals surface area contributed by atoms with Crippen molar-refractivity contribution in [3.05, 3.63) is 24.3 Å². The van der Waals surface area contributed by atoms with Crippen molar-refractivity contribution in [2.45, 2.75) is 39.0 Å². The van der Waals surface area contributed by atoms with E-state index in [2.05, 4.69) is 18.7 Å². The average Bonchev–Trinajstić information content (AvgIpc) is 2.51. The summed E-state index contributed by atoms with van der Waals surface area (Å²) in [5.41, 5.74) is 0. The molecule has 0 spiro atoms. The summed E-state index contributed by atoms with van der Waals surface area (Å²) < 4.78 is 16.6. The molecule has 1 aromatic rings. The normalized spacial score (nSPS) is 24.0. The molecule has 0 amide bonds. The van der Waals surface area contributed by atoms with E-state index >= 15 is 0 Å². The third kappa shape index (κ3) is 5.16. The molecule has 2 rings (SSSR count). The third-order valence-corrected chi connectivity index (χ3v) is 3.76. The minimum absolute atomic E-state index is 0.218. The molecule has 0 saturated carbocycles. The Balaban J connectivity index is 1.75. The maximum atomic E-state index is 10.2. The monoisotopic (exact) mass is 309 g/mol. The van der Waals surface area contributed by atoms with Gasteiger partial charge in [-0.3, -0.25) is 4.90 Å². The lowest BCUT2D eigenvalue weighted by Crippen LogP contribution is -2.50. The van der Waals surface area contributed by atoms with Crippen LogP contribution in [0.25, 0.3) is 0 Å². The lowest BCUT2D eigenvalue weighted by atomic mass is 10.2. The van der Waals surface area contributed by atoms with E-state index in [0.717, 1.165) is 18.0 Å². The molecule has 0 aliphatic carbocycles. The van der Waals surface area contributed by atoms with E-state index in [1.165, 1.54) is 0 Å². The second kappa shape index (κ2) is 8.36. The van der Waals surface area contributed by atoms with Crippen molar-refractivity contribution in [3.63, 3.8) is 0 Å². The van der Waals surface area contributed by atoms with Crippen LogP contribution in [0.3, 0.4) is 0 Å². The van der Waals surface area contributed by atoms with Crippen molar-refractivity contribution < 1.29 is 19.3 Å². The molecule has 1 heterocycles. The second-order valence-electron chi connectivity index (χ2n) is 5.82. The number of rotatable bonds is 7. The Bertz CT molecular complexity index is 437. The highest BCUT2D eigenvalue weighted by Gasteiger charge is 2.25. The van der Waals surface area contributed by atoms with E-state index in [1.807, 2.05) is 31.2 Å². The highest BCUT2D eigenvalue weighted by molar-refractivity contribution is 5.31. The van der Waals surface area contributed by atoms with E-state index in [1.54, 1.807) is 0 Å². The second-order valence-corrected chi connectivity index (χ2v) is 5.82. The van der Waals surface area contributed by atoms with Gasteiger partial charge in [0.15, 0.2) is 0 Å². The quantitative estimate of drug-likeness (QED) is 0.834. The Kier molecular flexibility index (Phi) is 6.49. The lowest BCUT2D eigenvalue weighted by Gasteiger charge is -2.37. The fraction of sp³-hybridized carbons (Fsp3) is 0.647. The summed E-state index contributed by atoms with van der Waals surface area (Å²) >= 11 is 0. The SMILES string of the molecule is CCOc1ccc(OC[C@H](O)CN2C[C@H](C)OC[C@H]2C)cc1. The zero-order chi connectivity index (χ0) is 15.9. The molecular formula is C17H27NO4. The maximum absolute atomic E-state index is 10.2. The number of hydrogen-bond donors (Lipinski definition) is 1. The number of morpholine rings is 1. The van der Waals surface area contributed by atoms with Crippen LogP contribution in [0.1, 0.15) is 20.8 Å². The minimum Gasteiger partial charge on any atom is -0.494 e. The molecule has 124 valence electrons. The first-order valence-electron chi connectivity index (χ1n) is 7.97. The number of hydrogen-bond acceptors (Lipinski definition) is 5. The molecule has 22 heavy (non-hydrogen) atoms. The summed E-state index contributed by atoms with van der Waals surface area (Å²) in [7, 11) is 0. The Labute approximate surface area is 132 Å². The number of β-amino-alcohol motifs (C(OH)–C–C–N with tert-alkyl or cyclic N) is 1. The molecule has 0 bridgehead atoms. The van der Waals surface area contributed by atoms with Gasteiger partial charge in [0.2, 0.25) is 0 Å². The fourth-order valence-corrected chi connectivity index (χ4v) is 2.54. The minimum atomic E-state index is -0.515. The molecule has 1 fully saturated rings. The predicted molar refractivity (Wildman–Crippen MR) is 85.6 cm³/mol. The first-order valence-corrected chi connectivity index (χ1v) is 7.97. The molecule has 1 saturated heterocycles. The summed E-state index contributed by atoms with van der Waals surface area (Å²) in [6, 6.07) is 7.79. The fourth-order valence-electron chi connectivity index (χ4n) is 2.54. The van der Waals surface area contributed by atoms with E-state index in [0.29, 0.717) is 25.8 Å². The number of benzene rings is 1. The maximum Gasteiger partial charge on any atom is 0.119 e. The molecule has 1 N–H and O–H groups in total. The van der Waals surface area contributed by atoms with Crippen molar-refractivity contribution in [1.82, 2.24) is 4.90 Å². The highest BCUT2D eigenvalue weighted by Crippen LogP contribution is 2.18. The lowest BCUT2D eigenvalue weighted by molar-refractivity contribution is -0.0650. The third-order valence-electron chi connectivity index (χ3n) is 3.76. The average molecular weight is 309 g/mol. The van der Waals surface area contributed by atoms with Crippen LogP contribution in [0.4, 0.5) is 0 Å². The number of ether oxygens (including phenoxy) is 3. The van der Waals surface area contributed by atoms with Crippen LogP contribution in [0.5, 0.6) is 11.5 Å². The van der Waals surface area contributed by atoms with Crippen molar-refractivity contribution in [3.8, 4) is 11.5 Å². The zero-order valence-corrected chi connectivity index (χ0v) is 13.7. The van der Waals surface area contributed by atoms with Gasteiger partial charge in [-0.2, -0.15) is 0 Å². The van der Waals surface area contributed by atoms with Gasteiger partial charge in [0.25, 0.3) is 0 Å². The van der Waals surface area contributed by atoms with Crippen LogP contribution in [-0.2, 0) is 4.74 Å². The van der Waals surface area contributed by atoms with E-state index < -0.39 is 6.10 Å². The summed E-state index contributed by atoms with van der Waals surface area (Å²) in [6.45, 7) is 9.23. The molecule has 5 heteroatoms. The van der Waals surface area contributed by atoms with Crippen molar-refractivity contribution >= 4 is 0 Å². The molecular weight excluding hydrogens is 282 g/mol. The Morgan fingerprint density at radius 2 is 1.86 bits per heavy atom. The number of nitrogens with zero attached hydrogens (tertiary/aromatic N) is 1. The number of aliphatic hydroxyl groups excluding tert-OH is 1. The molecule has 1 aromatic carbocycles. The van der Waals surface area contributed by atoms with Crippen molar-refractivity contribution in [2.24, 2.45) is 0 Å². The van der Waals surface area contributed by atoms with Gasteiger partial charge in [-0.1, -0.05) is 0 Å². The van der Waals surface area contributed by atoms with Crippen LogP contribution in [0.2, 0.25) is 0 Å². The van der Waals surface area contributed by atoms with E-state index in [-0.39, 0.29) is 12.7 Å². The highest BCUT2D eigenvalue weighted by atomic mass is 16.5. The summed E-state index contributed by atoms with van der Waals surface area (Å²) in [6.07, 6.45) is -0.297. The molecule has 3 atom stereocenters. The van der Waals surface area contributed by atoms with Crippen LogP contribution >= 0.6 is 0 Å². The Hall–Kier alpha value is -1.30. The summed E-state index contributed by atoms with van der Waals surface area (Å²) in [5.74, 6) is 1.57. The first kappa shape index (κ1) is 17.1. The van der Waals surface area contributed by atoms with Gasteiger partial charge in [0.1, 0.15) is 24.2 Å². The summed E-state index contributed by atoms with van der Waals surface area (Å²) in [4.78, 5) is 2.25. The molecule has 0 radical (unpaired) electrons. The van der Waals surface area contributed by atoms with Gasteiger partial charge in [-0.25, -0.2) is 0 Å². The smallest absolute Gasteiger partial charge is 0.119 e. The molecule has 1 aliphatic heterocycles. The van der Waals surface area contributed by atoms with Gasteiger partial charge in [0, 0.05) is 19.1 Å². The van der Waals surface area contributed by atoms with Gasteiger partial charge in [0.05, 0.1) is 19.3 Å². The van der Waals surface area contributed by atoms with Crippen LogP contribution in [0, 0.1) is 0 Å². The Morgan fingerprint density at radius 3 is 2.50 bits per heavy atom. The van der Waals surface area contributed by atoms with E-state index in [9.17, 15) is 5.11 Å². The molecule has 5 nitrogen and oxygen atoms in total. The van der Waals surface area contributed by atoms with Crippen LogP contribution in [0.15, 0.2) is 24.3 Å². The summed E-state index contributed by atoms with van der Waals surface area (Å²) in [5, 5.41) is 10.2.